The molecule has 0 bridgehead atoms. The Morgan fingerprint density at radius 1 is 1.50 bits per heavy atom. The number of furan rings is 1. The van der Waals surface area contributed by atoms with Crippen LogP contribution in [0, 0.1) is 6.92 Å². The standard InChI is InChI=1S/C12H19NO3/c1-8-6-7-10(16-8)9(2)13(5)12(3,4)11(14)15/h6-7,9H,1-5H3,(H,14,15). The van der Waals surface area contributed by atoms with E-state index in [0.717, 1.165) is 11.5 Å². The van der Waals surface area contributed by atoms with Crippen molar-refractivity contribution in [2.75, 3.05) is 7.05 Å². The van der Waals surface area contributed by atoms with E-state index in [1.54, 1.807) is 25.8 Å². The molecule has 4 nitrogen and oxygen atoms in total. The number of carboxylic acids is 1. The highest BCUT2D eigenvalue weighted by Crippen LogP contribution is 2.27. The number of carbonyl (C=O) groups is 1. The Morgan fingerprint density at radius 2 is 2.06 bits per heavy atom. The molecule has 0 aliphatic rings. The SMILES string of the molecule is Cc1ccc(C(C)N(C)C(C)(C)C(=O)O)o1. The normalized spacial score (nSPS) is 14.1. The fraction of sp³-hybridized carbons (Fsp3) is 0.583. The smallest absolute Gasteiger partial charge is 0.323 e. The van der Waals surface area contributed by atoms with E-state index in [0.29, 0.717) is 0 Å². The summed E-state index contributed by atoms with van der Waals surface area (Å²) in [5.74, 6) is 0.780. The van der Waals surface area contributed by atoms with Gasteiger partial charge in [0.15, 0.2) is 0 Å². The first kappa shape index (κ1) is 12.8. The van der Waals surface area contributed by atoms with Crippen molar-refractivity contribution in [1.29, 1.82) is 0 Å². The highest BCUT2D eigenvalue weighted by Gasteiger charge is 2.35. The lowest BCUT2D eigenvalue weighted by Crippen LogP contribution is -2.48. The molecule has 1 unspecified atom stereocenters. The van der Waals surface area contributed by atoms with Crippen molar-refractivity contribution >= 4 is 5.97 Å². The molecule has 0 radical (unpaired) electrons. The summed E-state index contributed by atoms with van der Waals surface area (Å²) in [6, 6.07) is 3.70. The van der Waals surface area contributed by atoms with Gasteiger partial charge in [0.05, 0.1) is 6.04 Å². The van der Waals surface area contributed by atoms with Crippen LogP contribution in [0.4, 0.5) is 0 Å². The maximum absolute atomic E-state index is 11.1. The van der Waals surface area contributed by atoms with Gasteiger partial charge in [0.25, 0.3) is 0 Å². The van der Waals surface area contributed by atoms with Crippen LogP contribution in [0.5, 0.6) is 0 Å². The minimum Gasteiger partial charge on any atom is -0.480 e. The lowest BCUT2D eigenvalue weighted by Gasteiger charge is -2.35. The first-order valence-electron chi connectivity index (χ1n) is 5.29. The third-order valence-corrected chi connectivity index (χ3v) is 3.16. The number of aliphatic carboxylic acids is 1. The molecule has 4 heteroatoms. The van der Waals surface area contributed by atoms with Gasteiger partial charge in [-0.3, -0.25) is 9.69 Å². The summed E-state index contributed by atoms with van der Waals surface area (Å²) >= 11 is 0. The average molecular weight is 225 g/mol. The summed E-state index contributed by atoms with van der Waals surface area (Å²) in [5, 5.41) is 9.14. The Balaban J connectivity index is 2.90. The molecule has 0 saturated heterocycles. The average Bonchev–Trinajstić information content (AvgIpc) is 2.62. The van der Waals surface area contributed by atoms with Crippen LogP contribution in [0.1, 0.15) is 38.3 Å². The van der Waals surface area contributed by atoms with E-state index >= 15 is 0 Å². The molecule has 16 heavy (non-hydrogen) atoms. The van der Waals surface area contributed by atoms with Crippen LogP contribution in [0.3, 0.4) is 0 Å². The molecule has 1 heterocycles. The molecule has 0 fully saturated rings. The molecule has 1 aromatic rings. The summed E-state index contributed by atoms with van der Waals surface area (Å²) in [7, 11) is 1.79. The van der Waals surface area contributed by atoms with Gasteiger partial charge < -0.3 is 9.52 Å². The van der Waals surface area contributed by atoms with Crippen molar-refractivity contribution in [2.24, 2.45) is 0 Å². The quantitative estimate of drug-likeness (QED) is 0.855. The number of carboxylic acid groups (broad SMARTS) is 1. The molecule has 90 valence electrons. The number of rotatable bonds is 4. The third kappa shape index (κ3) is 2.27. The van der Waals surface area contributed by atoms with E-state index in [4.69, 9.17) is 9.52 Å². The van der Waals surface area contributed by atoms with Crippen molar-refractivity contribution in [3.63, 3.8) is 0 Å². The topological polar surface area (TPSA) is 53.7 Å². The lowest BCUT2D eigenvalue weighted by molar-refractivity contribution is -0.150. The van der Waals surface area contributed by atoms with Gasteiger partial charge in [-0.2, -0.15) is 0 Å². The molecule has 0 aliphatic carbocycles. The summed E-state index contributed by atoms with van der Waals surface area (Å²) in [6.07, 6.45) is 0. The number of hydrogen-bond donors (Lipinski definition) is 1. The van der Waals surface area contributed by atoms with Gasteiger partial charge in [-0.1, -0.05) is 0 Å². The molecule has 0 saturated carbocycles. The van der Waals surface area contributed by atoms with Crippen LogP contribution < -0.4 is 0 Å². The second-order valence-corrected chi connectivity index (χ2v) is 4.60. The maximum atomic E-state index is 11.1. The molecule has 0 amide bonds. The predicted molar refractivity (Wildman–Crippen MR) is 61.3 cm³/mol. The highest BCUT2D eigenvalue weighted by atomic mass is 16.4. The summed E-state index contributed by atoms with van der Waals surface area (Å²) in [6.45, 7) is 7.17. The molecule has 0 aromatic carbocycles. The van der Waals surface area contributed by atoms with E-state index < -0.39 is 11.5 Å². The van der Waals surface area contributed by atoms with E-state index in [-0.39, 0.29) is 6.04 Å². The zero-order valence-corrected chi connectivity index (χ0v) is 10.4. The summed E-state index contributed by atoms with van der Waals surface area (Å²) < 4.78 is 5.51. The van der Waals surface area contributed by atoms with Gasteiger partial charge in [-0.15, -0.1) is 0 Å². The van der Waals surface area contributed by atoms with Crippen molar-refractivity contribution in [3.05, 3.63) is 23.7 Å². The molecule has 1 atom stereocenters. The summed E-state index contributed by atoms with van der Waals surface area (Å²) in [4.78, 5) is 12.9. The Labute approximate surface area is 95.9 Å². The highest BCUT2D eigenvalue weighted by molar-refractivity contribution is 5.77. The van der Waals surface area contributed by atoms with E-state index in [9.17, 15) is 4.79 Å². The van der Waals surface area contributed by atoms with Gasteiger partial charge in [0, 0.05) is 0 Å². The van der Waals surface area contributed by atoms with Crippen molar-refractivity contribution in [2.45, 2.75) is 39.3 Å². The van der Waals surface area contributed by atoms with Crippen LogP contribution in [0.15, 0.2) is 16.5 Å². The molecular formula is C12H19NO3. The van der Waals surface area contributed by atoms with Crippen molar-refractivity contribution in [1.82, 2.24) is 4.90 Å². The van der Waals surface area contributed by atoms with Gasteiger partial charge in [-0.05, 0) is 46.9 Å². The zero-order valence-electron chi connectivity index (χ0n) is 10.4. The van der Waals surface area contributed by atoms with Gasteiger partial charge in [-0.25, -0.2) is 0 Å². The molecule has 0 spiro atoms. The summed E-state index contributed by atoms with van der Waals surface area (Å²) in [5.41, 5.74) is -0.917. The van der Waals surface area contributed by atoms with Crippen LogP contribution in [-0.2, 0) is 4.79 Å². The van der Waals surface area contributed by atoms with Gasteiger partial charge in [0.2, 0.25) is 0 Å². The number of hydrogen-bond acceptors (Lipinski definition) is 3. The number of nitrogens with zero attached hydrogens (tertiary/aromatic N) is 1. The van der Waals surface area contributed by atoms with E-state index in [1.807, 2.05) is 26.0 Å². The number of aryl methyl sites for hydroxylation is 1. The zero-order chi connectivity index (χ0) is 12.5. The Bertz CT molecular complexity index is 381. The van der Waals surface area contributed by atoms with Crippen molar-refractivity contribution < 1.29 is 14.3 Å². The molecular weight excluding hydrogens is 206 g/mol. The van der Waals surface area contributed by atoms with Crippen LogP contribution >= 0.6 is 0 Å². The third-order valence-electron chi connectivity index (χ3n) is 3.16. The minimum absolute atomic E-state index is 0.0696. The maximum Gasteiger partial charge on any atom is 0.323 e. The second kappa shape index (κ2) is 4.29. The molecule has 1 aromatic heterocycles. The van der Waals surface area contributed by atoms with Crippen LogP contribution in [0.2, 0.25) is 0 Å². The van der Waals surface area contributed by atoms with Gasteiger partial charge >= 0.3 is 5.97 Å². The molecule has 1 N–H and O–H groups in total. The Kier molecular flexibility index (Phi) is 3.43. The molecule has 1 rings (SSSR count). The second-order valence-electron chi connectivity index (χ2n) is 4.60. The first-order valence-corrected chi connectivity index (χ1v) is 5.29. The first-order chi connectivity index (χ1) is 7.26. The monoisotopic (exact) mass is 225 g/mol. The van der Waals surface area contributed by atoms with E-state index in [1.165, 1.54) is 0 Å². The molecule has 0 aliphatic heterocycles. The Hall–Kier alpha value is -1.29. The van der Waals surface area contributed by atoms with Crippen LogP contribution in [-0.4, -0.2) is 28.6 Å². The largest absolute Gasteiger partial charge is 0.480 e. The van der Waals surface area contributed by atoms with Crippen molar-refractivity contribution in [3.8, 4) is 0 Å². The van der Waals surface area contributed by atoms with Gasteiger partial charge in [0.1, 0.15) is 17.1 Å². The predicted octanol–water partition coefficient (Wildman–Crippen LogP) is 2.44. The van der Waals surface area contributed by atoms with Crippen LogP contribution in [0.25, 0.3) is 0 Å². The number of likely N-dealkylation sites (N-methyl/N-ethyl adjacent to an activating group) is 1. The van der Waals surface area contributed by atoms with E-state index in [2.05, 4.69) is 0 Å². The fourth-order valence-electron chi connectivity index (χ4n) is 1.50. The fourth-order valence-corrected chi connectivity index (χ4v) is 1.50. The lowest BCUT2D eigenvalue weighted by atomic mass is 10.0. The Morgan fingerprint density at radius 3 is 2.44 bits per heavy atom. The minimum atomic E-state index is -0.917.